The van der Waals surface area contributed by atoms with Crippen LogP contribution in [0.1, 0.15) is 38.5 Å². The van der Waals surface area contributed by atoms with Gasteiger partial charge in [-0.1, -0.05) is 0 Å². The molecule has 15 heavy (non-hydrogen) atoms. The lowest BCUT2D eigenvalue weighted by Crippen LogP contribution is -2.32. The van der Waals surface area contributed by atoms with E-state index >= 15 is 0 Å². The summed E-state index contributed by atoms with van der Waals surface area (Å²) in [6, 6.07) is 0. The second-order valence-electron chi connectivity index (χ2n) is 5.82. The summed E-state index contributed by atoms with van der Waals surface area (Å²) in [5.74, 6) is 1.98. The summed E-state index contributed by atoms with van der Waals surface area (Å²) < 4.78 is 5.38. The maximum atomic E-state index is 5.38. The van der Waals surface area contributed by atoms with Crippen LogP contribution in [0.2, 0.25) is 0 Å². The highest BCUT2D eigenvalue weighted by Gasteiger charge is 2.53. The van der Waals surface area contributed by atoms with Crippen molar-refractivity contribution < 1.29 is 4.74 Å². The highest BCUT2D eigenvalue weighted by atomic mass is 16.5. The first-order valence-electron chi connectivity index (χ1n) is 6.68. The van der Waals surface area contributed by atoms with Crippen LogP contribution < -0.4 is 5.32 Å². The Morgan fingerprint density at radius 1 is 1.07 bits per heavy atom. The van der Waals surface area contributed by atoms with E-state index in [2.05, 4.69) is 5.32 Å². The largest absolute Gasteiger partial charge is 0.381 e. The van der Waals surface area contributed by atoms with E-state index in [9.17, 15) is 0 Å². The fourth-order valence-corrected chi connectivity index (χ4v) is 3.06. The molecule has 0 atom stereocenters. The van der Waals surface area contributed by atoms with E-state index < -0.39 is 0 Å². The van der Waals surface area contributed by atoms with Gasteiger partial charge < -0.3 is 10.1 Å². The minimum Gasteiger partial charge on any atom is -0.381 e. The second-order valence-corrected chi connectivity index (χ2v) is 5.82. The summed E-state index contributed by atoms with van der Waals surface area (Å²) >= 11 is 0. The topological polar surface area (TPSA) is 21.3 Å². The van der Waals surface area contributed by atoms with Gasteiger partial charge in [-0.3, -0.25) is 0 Å². The summed E-state index contributed by atoms with van der Waals surface area (Å²) in [6.07, 6.45) is 8.56. The fraction of sp³-hybridized carbons (Fsp3) is 1.00. The van der Waals surface area contributed by atoms with Crippen molar-refractivity contribution in [2.45, 2.75) is 38.5 Å². The van der Waals surface area contributed by atoms with Crippen molar-refractivity contribution in [1.29, 1.82) is 0 Å². The van der Waals surface area contributed by atoms with Gasteiger partial charge in [0.1, 0.15) is 0 Å². The van der Waals surface area contributed by atoms with E-state index in [1.807, 2.05) is 0 Å². The minimum atomic E-state index is 0.769. The van der Waals surface area contributed by atoms with Gasteiger partial charge in [0, 0.05) is 19.8 Å². The molecular formula is C13H23NO. The summed E-state index contributed by atoms with van der Waals surface area (Å²) in [5.41, 5.74) is 0.769. The summed E-state index contributed by atoms with van der Waals surface area (Å²) in [7, 11) is 0. The molecule has 3 aliphatic rings. The van der Waals surface area contributed by atoms with Crippen molar-refractivity contribution in [3.05, 3.63) is 0 Å². The lowest BCUT2D eigenvalue weighted by atomic mass is 9.98. The molecule has 0 unspecified atom stereocenters. The van der Waals surface area contributed by atoms with Crippen LogP contribution in [0.3, 0.4) is 0 Å². The molecule has 2 saturated carbocycles. The number of ether oxygens (including phenoxy) is 1. The maximum absolute atomic E-state index is 5.38. The van der Waals surface area contributed by atoms with Crippen molar-refractivity contribution in [3.63, 3.8) is 0 Å². The third-order valence-corrected chi connectivity index (χ3v) is 4.59. The normalized spacial score (nSPS) is 30.4. The molecular weight excluding hydrogens is 186 g/mol. The molecule has 86 valence electrons. The highest BCUT2D eigenvalue weighted by Crippen LogP contribution is 2.60. The Morgan fingerprint density at radius 2 is 1.80 bits per heavy atom. The SMILES string of the molecule is C1CC(CNCC2(C3CC3)CC2)CCO1. The second kappa shape index (κ2) is 4.06. The molecule has 3 rings (SSSR count). The number of rotatable bonds is 5. The Bertz CT molecular complexity index is 215. The minimum absolute atomic E-state index is 0.769. The van der Waals surface area contributed by atoms with Gasteiger partial charge in [0.05, 0.1) is 0 Å². The molecule has 1 heterocycles. The molecule has 0 aromatic rings. The standard InChI is InChI=1S/C13H23NO/c1-2-12(1)13(5-6-13)10-14-9-11-3-7-15-8-4-11/h11-12,14H,1-10H2. The highest BCUT2D eigenvalue weighted by molar-refractivity contribution is 5.05. The molecule has 1 saturated heterocycles. The lowest BCUT2D eigenvalue weighted by molar-refractivity contribution is 0.0658. The van der Waals surface area contributed by atoms with E-state index in [1.165, 1.54) is 51.6 Å². The zero-order chi connectivity index (χ0) is 10.1. The van der Waals surface area contributed by atoms with Gasteiger partial charge in [-0.05, 0) is 62.3 Å². The van der Waals surface area contributed by atoms with Crippen LogP contribution >= 0.6 is 0 Å². The molecule has 2 nitrogen and oxygen atoms in total. The first-order valence-corrected chi connectivity index (χ1v) is 6.68. The molecule has 0 amide bonds. The van der Waals surface area contributed by atoms with E-state index in [-0.39, 0.29) is 0 Å². The molecule has 0 spiro atoms. The molecule has 1 N–H and O–H groups in total. The number of hydrogen-bond acceptors (Lipinski definition) is 2. The monoisotopic (exact) mass is 209 g/mol. The predicted molar refractivity (Wildman–Crippen MR) is 60.8 cm³/mol. The first-order chi connectivity index (χ1) is 7.39. The van der Waals surface area contributed by atoms with Crippen molar-refractivity contribution in [1.82, 2.24) is 5.32 Å². The van der Waals surface area contributed by atoms with E-state index in [1.54, 1.807) is 0 Å². The van der Waals surface area contributed by atoms with Crippen LogP contribution in [0.15, 0.2) is 0 Å². The summed E-state index contributed by atoms with van der Waals surface area (Å²) in [6.45, 7) is 4.51. The van der Waals surface area contributed by atoms with Crippen LogP contribution in [0.4, 0.5) is 0 Å². The summed E-state index contributed by atoms with van der Waals surface area (Å²) in [5, 5.41) is 3.72. The van der Waals surface area contributed by atoms with Crippen molar-refractivity contribution in [2.75, 3.05) is 26.3 Å². The van der Waals surface area contributed by atoms with Crippen LogP contribution in [-0.2, 0) is 4.74 Å². The van der Waals surface area contributed by atoms with Gasteiger partial charge >= 0.3 is 0 Å². The Balaban J connectivity index is 1.35. The Kier molecular flexibility index (Phi) is 2.73. The molecule has 0 radical (unpaired) electrons. The Hall–Kier alpha value is -0.0800. The maximum Gasteiger partial charge on any atom is 0.0469 e. The summed E-state index contributed by atoms with van der Waals surface area (Å²) in [4.78, 5) is 0. The number of hydrogen-bond donors (Lipinski definition) is 1. The Morgan fingerprint density at radius 3 is 2.40 bits per heavy atom. The molecule has 1 aliphatic heterocycles. The fourth-order valence-electron chi connectivity index (χ4n) is 3.06. The van der Waals surface area contributed by atoms with Gasteiger partial charge in [-0.25, -0.2) is 0 Å². The lowest BCUT2D eigenvalue weighted by Gasteiger charge is -2.23. The Labute approximate surface area is 92.8 Å². The van der Waals surface area contributed by atoms with Crippen LogP contribution in [0, 0.1) is 17.3 Å². The van der Waals surface area contributed by atoms with Crippen LogP contribution in [0.25, 0.3) is 0 Å². The van der Waals surface area contributed by atoms with Gasteiger partial charge in [0.2, 0.25) is 0 Å². The van der Waals surface area contributed by atoms with E-state index in [0.717, 1.165) is 30.5 Å². The molecule has 0 aromatic heterocycles. The van der Waals surface area contributed by atoms with E-state index in [4.69, 9.17) is 4.74 Å². The van der Waals surface area contributed by atoms with E-state index in [0.29, 0.717) is 0 Å². The van der Waals surface area contributed by atoms with Gasteiger partial charge in [-0.2, -0.15) is 0 Å². The molecule has 2 heteroatoms. The average molecular weight is 209 g/mol. The molecule has 0 bridgehead atoms. The zero-order valence-corrected chi connectivity index (χ0v) is 9.63. The van der Waals surface area contributed by atoms with Crippen molar-refractivity contribution >= 4 is 0 Å². The third kappa shape index (κ3) is 2.36. The van der Waals surface area contributed by atoms with Crippen molar-refractivity contribution in [2.24, 2.45) is 17.3 Å². The molecule has 2 aliphatic carbocycles. The predicted octanol–water partition coefficient (Wildman–Crippen LogP) is 2.19. The molecule has 3 fully saturated rings. The first kappa shape index (κ1) is 10.1. The van der Waals surface area contributed by atoms with Gasteiger partial charge in [0.25, 0.3) is 0 Å². The molecule has 0 aromatic carbocycles. The van der Waals surface area contributed by atoms with Crippen molar-refractivity contribution in [3.8, 4) is 0 Å². The number of nitrogens with one attached hydrogen (secondary N) is 1. The van der Waals surface area contributed by atoms with Crippen LogP contribution in [0.5, 0.6) is 0 Å². The smallest absolute Gasteiger partial charge is 0.0469 e. The average Bonchev–Trinajstić information content (AvgIpc) is 3.14. The van der Waals surface area contributed by atoms with Gasteiger partial charge in [0.15, 0.2) is 0 Å². The quantitative estimate of drug-likeness (QED) is 0.749. The van der Waals surface area contributed by atoms with Crippen LogP contribution in [-0.4, -0.2) is 26.3 Å². The zero-order valence-electron chi connectivity index (χ0n) is 9.63. The third-order valence-electron chi connectivity index (χ3n) is 4.59. The van der Waals surface area contributed by atoms with Gasteiger partial charge in [-0.15, -0.1) is 0 Å².